The summed E-state index contributed by atoms with van der Waals surface area (Å²) in [6, 6.07) is 2.30. The third-order valence-corrected chi connectivity index (χ3v) is 4.64. The topological polar surface area (TPSA) is 24.1 Å². The monoisotopic (exact) mass is 238 g/mol. The van der Waals surface area contributed by atoms with Gasteiger partial charge < -0.3 is 10.6 Å². The Kier molecular flexibility index (Phi) is 3.67. The van der Waals surface area contributed by atoms with Crippen molar-refractivity contribution in [1.82, 2.24) is 10.6 Å². The van der Waals surface area contributed by atoms with Crippen LogP contribution in [0.4, 0.5) is 0 Å². The first-order valence-electron chi connectivity index (χ1n) is 6.11. The highest BCUT2D eigenvalue weighted by molar-refractivity contribution is 7.12. The Morgan fingerprint density at radius 2 is 2.31 bits per heavy atom. The van der Waals surface area contributed by atoms with Crippen LogP contribution in [0.2, 0.25) is 0 Å². The van der Waals surface area contributed by atoms with Gasteiger partial charge in [-0.2, -0.15) is 0 Å². The molecule has 1 fully saturated rings. The van der Waals surface area contributed by atoms with Crippen LogP contribution in [0.15, 0.2) is 6.07 Å². The number of thiophene rings is 1. The van der Waals surface area contributed by atoms with Gasteiger partial charge in [-0.15, -0.1) is 11.3 Å². The van der Waals surface area contributed by atoms with Crippen LogP contribution in [0.5, 0.6) is 0 Å². The minimum Gasteiger partial charge on any atom is -0.310 e. The molecule has 0 aliphatic carbocycles. The van der Waals surface area contributed by atoms with Crippen LogP contribution in [0.1, 0.15) is 35.1 Å². The first kappa shape index (κ1) is 12.1. The van der Waals surface area contributed by atoms with E-state index in [0.29, 0.717) is 5.54 Å². The maximum atomic E-state index is 3.58. The molecule has 0 amide bonds. The van der Waals surface area contributed by atoms with E-state index < -0.39 is 0 Å². The molecule has 2 nitrogen and oxygen atoms in total. The summed E-state index contributed by atoms with van der Waals surface area (Å²) in [6.45, 7) is 9.96. The van der Waals surface area contributed by atoms with Crippen molar-refractivity contribution in [3.8, 4) is 0 Å². The van der Waals surface area contributed by atoms with Gasteiger partial charge in [-0.05, 0) is 51.8 Å². The Bertz CT molecular complexity index is 331. The Morgan fingerprint density at radius 3 is 2.88 bits per heavy atom. The summed E-state index contributed by atoms with van der Waals surface area (Å²) in [6.07, 6.45) is 2.61. The Hall–Kier alpha value is -0.380. The molecule has 1 aromatic rings. The number of hydrogen-bond donors (Lipinski definition) is 2. The van der Waals surface area contributed by atoms with Crippen LogP contribution in [0, 0.1) is 13.8 Å². The highest BCUT2D eigenvalue weighted by atomic mass is 32.1. The van der Waals surface area contributed by atoms with Crippen molar-refractivity contribution in [3.63, 3.8) is 0 Å². The summed E-state index contributed by atoms with van der Waals surface area (Å²) in [7, 11) is 0. The van der Waals surface area contributed by atoms with E-state index in [9.17, 15) is 0 Å². The van der Waals surface area contributed by atoms with Crippen molar-refractivity contribution in [2.24, 2.45) is 0 Å². The fraction of sp³-hybridized carbons (Fsp3) is 0.692. The molecular weight excluding hydrogens is 216 g/mol. The molecule has 3 heteroatoms. The highest BCUT2D eigenvalue weighted by Gasteiger charge is 2.27. The van der Waals surface area contributed by atoms with Crippen LogP contribution in [0.3, 0.4) is 0 Å². The Balaban J connectivity index is 1.79. The average Bonchev–Trinajstić information content (AvgIpc) is 2.76. The smallest absolute Gasteiger partial charge is 0.0300 e. The summed E-state index contributed by atoms with van der Waals surface area (Å²) in [5, 5.41) is 7.15. The predicted molar refractivity (Wildman–Crippen MR) is 71.1 cm³/mol. The second-order valence-electron chi connectivity index (χ2n) is 5.15. The van der Waals surface area contributed by atoms with E-state index in [1.807, 2.05) is 11.3 Å². The normalized spacial score (nSPS) is 25.2. The minimum atomic E-state index is 0.321. The molecule has 16 heavy (non-hydrogen) atoms. The van der Waals surface area contributed by atoms with E-state index in [0.717, 1.165) is 13.1 Å². The van der Waals surface area contributed by atoms with E-state index >= 15 is 0 Å². The van der Waals surface area contributed by atoms with Crippen LogP contribution in [0.25, 0.3) is 0 Å². The second kappa shape index (κ2) is 4.86. The molecule has 1 aliphatic rings. The summed E-state index contributed by atoms with van der Waals surface area (Å²) in [5.41, 5.74) is 1.74. The van der Waals surface area contributed by atoms with Crippen molar-refractivity contribution >= 4 is 11.3 Å². The first-order valence-corrected chi connectivity index (χ1v) is 6.92. The maximum Gasteiger partial charge on any atom is 0.0300 e. The average molecular weight is 238 g/mol. The van der Waals surface area contributed by atoms with Crippen LogP contribution < -0.4 is 10.6 Å². The van der Waals surface area contributed by atoms with Crippen molar-refractivity contribution in [2.45, 2.75) is 45.7 Å². The van der Waals surface area contributed by atoms with E-state index in [1.54, 1.807) is 0 Å². The van der Waals surface area contributed by atoms with E-state index in [4.69, 9.17) is 0 Å². The number of hydrogen-bond acceptors (Lipinski definition) is 3. The maximum absolute atomic E-state index is 3.58. The van der Waals surface area contributed by atoms with E-state index in [2.05, 4.69) is 37.5 Å². The molecule has 0 bridgehead atoms. The van der Waals surface area contributed by atoms with Gasteiger partial charge in [0.05, 0.1) is 0 Å². The third kappa shape index (κ3) is 2.84. The Morgan fingerprint density at radius 1 is 1.50 bits per heavy atom. The quantitative estimate of drug-likeness (QED) is 0.842. The summed E-state index contributed by atoms with van der Waals surface area (Å²) in [4.78, 5) is 2.90. The van der Waals surface area contributed by atoms with Crippen molar-refractivity contribution in [1.29, 1.82) is 0 Å². The second-order valence-corrected chi connectivity index (χ2v) is 6.49. The molecule has 90 valence electrons. The zero-order chi connectivity index (χ0) is 11.6. The molecule has 2 heterocycles. The van der Waals surface area contributed by atoms with Gasteiger partial charge in [-0.25, -0.2) is 0 Å². The van der Waals surface area contributed by atoms with Crippen molar-refractivity contribution in [2.75, 3.05) is 13.1 Å². The van der Waals surface area contributed by atoms with Gasteiger partial charge in [0, 0.05) is 28.4 Å². The molecule has 1 atom stereocenters. The zero-order valence-corrected chi connectivity index (χ0v) is 11.3. The lowest BCUT2D eigenvalue weighted by molar-refractivity contribution is 0.386. The van der Waals surface area contributed by atoms with Crippen LogP contribution in [-0.2, 0) is 6.54 Å². The van der Waals surface area contributed by atoms with Gasteiger partial charge in [-0.3, -0.25) is 0 Å². The summed E-state index contributed by atoms with van der Waals surface area (Å²) < 4.78 is 0. The molecule has 1 saturated heterocycles. The summed E-state index contributed by atoms with van der Waals surface area (Å²) >= 11 is 1.91. The van der Waals surface area contributed by atoms with E-state index in [-0.39, 0.29) is 0 Å². The summed E-state index contributed by atoms with van der Waals surface area (Å²) in [5.74, 6) is 0. The fourth-order valence-electron chi connectivity index (χ4n) is 2.31. The first-order chi connectivity index (χ1) is 7.59. The van der Waals surface area contributed by atoms with Crippen molar-refractivity contribution in [3.05, 3.63) is 21.4 Å². The van der Waals surface area contributed by atoms with Crippen molar-refractivity contribution < 1.29 is 0 Å². The van der Waals surface area contributed by atoms with E-state index in [1.165, 1.54) is 34.7 Å². The lowest BCUT2D eigenvalue weighted by Crippen LogP contribution is -2.45. The number of nitrogens with one attached hydrogen (secondary N) is 2. The molecule has 1 aliphatic heterocycles. The lowest BCUT2D eigenvalue weighted by Gasteiger charge is -2.24. The van der Waals surface area contributed by atoms with Crippen LogP contribution >= 0.6 is 11.3 Å². The SMILES string of the molecule is Cc1cc(CNCC2(C)CCCN2)sc1C. The number of rotatable bonds is 4. The fourth-order valence-corrected chi connectivity index (χ4v) is 3.33. The molecule has 1 aromatic heterocycles. The standard InChI is InChI=1S/C13H22N2S/c1-10-7-12(16-11(10)2)8-14-9-13(3)5-4-6-15-13/h7,14-15H,4-6,8-9H2,1-3H3. The molecule has 2 rings (SSSR count). The van der Waals surface area contributed by atoms with Crippen LogP contribution in [-0.4, -0.2) is 18.6 Å². The molecule has 2 N–H and O–H groups in total. The highest BCUT2D eigenvalue weighted by Crippen LogP contribution is 2.21. The van der Waals surface area contributed by atoms with Gasteiger partial charge in [-0.1, -0.05) is 0 Å². The van der Waals surface area contributed by atoms with Gasteiger partial charge in [0.15, 0.2) is 0 Å². The minimum absolute atomic E-state index is 0.321. The van der Waals surface area contributed by atoms with Gasteiger partial charge in [0.25, 0.3) is 0 Å². The largest absolute Gasteiger partial charge is 0.310 e. The molecule has 1 unspecified atom stereocenters. The molecular formula is C13H22N2S. The van der Waals surface area contributed by atoms with Gasteiger partial charge in [0.2, 0.25) is 0 Å². The lowest BCUT2D eigenvalue weighted by atomic mass is 10.0. The van der Waals surface area contributed by atoms with Gasteiger partial charge in [0.1, 0.15) is 0 Å². The molecule has 0 saturated carbocycles. The Labute approximate surface area is 102 Å². The predicted octanol–water partition coefficient (Wildman–Crippen LogP) is 2.60. The molecule has 0 aromatic carbocycles. The molecule has 0 radical (unpaired) electrons. The number of aryl methyl sites for hydroxylation is 2. The molecule has 0 spiro atoms. The third-order valence-electron chi connectivity index (χ3n) is 3.49. The van der Waals surface area contributed by atoms with Gasteiger partial charge >= 0.3 is 0 Å². The zero-order valence-electron chi connectivity index (χ0n) is 10.5.